The molecule has 0 bridgehead atoms. The number of aromatic hydroxyl groups is 1. The molecule has 4 heteroatoms. The highest BCUT2D eigenvalue weighted by Gasteiger charge is 2.03. The first-order valence-corrected chi connectivity index (χ1v) is 9.14. The van der Waals surface area contributed by atoms with E-state index in [-0.39, 0.29) is 5.75 Å². The van der Waals surface area contributed by atoms with Crippen molar-refractivity contribution in [2.24, 2.45) is 4.99 Å². The van der Waals surface area contributed by atoms with E-state index in [9.17, 15) is 5.11 Å². The van der Waals surface area contributed by atoms with E-state index in [1.165, 1.54) is 5.56 Å². The number of aryl methyl sites for hydroxylation is 1. The van der Waals surface area contributed by atoms with Crippen molar-refractivity contribution in [3.8, 4) is 11.5 Å². The standard InChI is InChI=1S/C22H28N2O2/c1-3-4-15-24-17-26-21-13-14-22(23-2)19(16-21)8-6-5-7-18-9-11-20(25)12-10-18/h5,7,9-14,16-17,23,25H,3-4,6,8,15H2,1-2H3/b7-5+,24-17?. The Morgan fingerprint density at radius 1 is 1.15 bits per heavy atom. The van der Waals surface area contributed by atoms with E-state index in [2.05, 4.69) is 35.5 Å². The number of nitrogens with one attached hydrogen (secondary N) is 1. The van der Waals surface area contributed by atoms with Gasteiger partial charge in [0.2, 0.25) is 0 Å². The average molecular weight is 352 g/mol. The molecule has 0 saturated carbocycles. The molecule has 0 spiro atoms. The Labute approximate surface area is 156 Å². The van der Waals surface area contributed by atoms with E-state index in [0.717, 1.165) is 49.2 Å². The van der Waals surface area contributed by atoms with Crippen LogP contribution in [0.4, 0.5) is 5.69 Å². The Bertz CT molecular complexity index is 721. The van der Waals surface area contributed by atoms with E-state index < -0.39 is 0 Å². The molecule has 0 aliphatic rings. The number of phenolic OH excluding ortho intramolecular Hbond substituents is 1. The van der Waals surface area contributed by atoms with Gasteiger partial charge < -0.3 is 15.2 Å². The predicted molar refractivity (Wildman–Crippen MR) is 110 cm³/mol. The molecule has 0 amide bonds. The van der Waals surface area contributed by atoms with Crippen LogP contribution in [0.3, 0.4) is 0 Å². The highest BCUT2D eigenvalue weighted by molar-refractivity contribution is 5.58. The first kappa shape index (κ1) is 19.6. The van der Waals surface area contributed by atoms with Crippen LogP contribution < -0.4 is 10.1 Å². The van der Waals surface area contributed by atoms with Crippen LogP contribution in [0.25, 0.3) is 6.08 Å². The van der Waals surface area contributed by atoms with Gasteiger partial charge in [0.15, 0.2) is 6.40 Å². The molecule has 0 radical (unpaired) electrons. The van der Waals surface area contributed by atoms with E-state index in [1.807, 2.05) is 31.3 Å². The normalized spacial score (nSPS) is 11.3. The van der Waals surface area contributed by atoms with Crippen LogP contribution in [0.2, 0.25) is 0 Å². The van der Waals surface area contributed by atoms with Gasteiger partial charge >= 0.3 is 0 Å². The van der Waals surface area contributed by atoms with Gasteiger partial charge in [-0.1, -0.05) is 37.6 Å². The SMILES string of the molecule is CCCCN=COc1ccc(NC)c(CC/C=C/c2ccc(O)cc2)c1. The monoisotopic (exact) mass is 352 g/mol. The van der Waals surface area contributed by atoms with Crippen molar-refractivity contribution in [3.63, 3.8) is 0 Å². The number of allylic oxidation sites excluding steroid dienone is 1. The minimum atomic E-state index is 0.288. The fourth-order valence-electron chi connectivity index (χ4n) is 2.54. The van der Waals surface area contributed by atoms with Gasteiger partial charge in [-0.05, 0) is 60.7 Å². The van der Waals surface area contributed by atoms with Crippen LogP contribution >= 0.6 is 0 Å². The maximum atomic E-state index is 9.31. The summed E-state index contributed by atoms with van der Waals surface area (Å²) in [7, 11) is 1.93. The third kappa shape index (κ3) is 6.63. The lowest BCUT2D eigenvalue weighted by Crippen LogP contribution is -1.98. The number of anilines is 1. The lowest BCUT2D eigenvalue weighted by Gasteiger charge is -2.10. The van der Waals surface area contributed by atoms with Gasteiger partial charge in [-0.25, -0.2) is 0 Å². The highest BCUT2D eigenvalue weighted by atomic mass is 16.5. The Morgan fingerprint density at radius 2 is 1.96 bits per heavy atom. The van der Waals surface area contributed by atoms with Crippen molar-refractivity contribution in [1.82, 2.24) is 0 Å². The number of rotatable bonds is 10. The smallest absolute Gasteiger partial charge is 0.176 e. The molecule has 2 aromatic rings. The number of nitrogens with zero attached hydrogens (tertiary/aromatic N) is 1. The van der Waals surface area contributed by atoms with Crippen LogP contribution in [-0.2, 0) is 6.42 Å². The maximum Gasteiger partial charge on any atom is 0.176 e. The Hall–Kier alpha value is -2.75. The van der Waals surface area contributed by atoms with Crippen molar-refractivity contribution < 1.29 is 9.84 Å². The zero-order chi connectivity index (χ0) is 18.6. The molecule has 2 rings (SSSR count). The van der Waals surface area contributed by atoms with Crippen molar-refractivity contribution >= 4 is 18.2 Å². The number of phenols is 1. The van der Waals surface area contributed by atoms with Crippen molar-refractivity contribution in [2.75, 3.05) is 18.9 Å². The van der Waals surface area contributed by atoms with Gasteiger partial charge in [0.05, 0.1) is 0 Å². The molecule has 26 heavy (non-hydrogen) atoms. The van der Waals surface area contributed by atoms with Crippen LogP contribution in [0, 0.1) is 0 Å². The number of benzene rings is 2. The van der Waals surface area contributed by atoms with Crippen molar-refractivity contribution in [2.45, 2.75) is 32.6 Å². The molecule has 0 saturated heterocycles. The summed E-state index contributed by atoms with van der Waals surface area (Å²) in [6.07, 6.45) is 9.80. The molecule has 0 aromatic heterocycles. The largest absolute Gasteiger partial charge is 0.508 e. The van der Waals surface area contributed by atoms with Crippen LogP contribution in [0.1, 0.15) is 37.3 Å². The number of unbranched alkanes of at least 4 members (excludes halogenated alkanes) is 1. The summed E-state index contributed by atoms with van der Waals surface area (Å²) >= 11 is 0. The highest BCUT2D eigenvalue weighted by Crippen LogP contribution is 2.23. The van der Waals surface area contributed by atoms with Gasteiger partial charge in [0.25, 0.3) is 0 Å². The summed E-state index contributed by atoms with van der Waals surface area (Å²) in [5.41, 5.74) is 3.40. The Balaban J connectivity index is 1.92. The molecule has 138 valence electrons. The second kappa shape index (κ2) is 11.0. The van der Waals surface area contributed by atoms with Gasteiger partial charge in [0.1, 0.15) is 11.5 Å². The molecule has 0 fully saturated rings. The van der Waals surface area contributed by atoms with Gasteiger partial charge in [0, 0.05) is 19.3 Å². The van der Waals surface area contributed by atoms with Crippen LogP contribution in [0.5, 0.6) is 11.5 Å². The summed E-state index contributed by atoms with van der Waals surface area (Å²) in [6.45, 7) is 2.95. The third-order valence-electron chi connectivity index (χ3n) is 4.03. The van der Waals surface area contributed by atoms with Crippen molar-refractivity contribution in [1.29, 1.82) is 0 Å². The quantitative estimate of drug-likeness (QED) is 0.347. The summed E-state index contributed by atoms with van der Waals surface area (Å²) in [6, 6.07) is 13.2. The van der Waals surface area contributed by atoms with Gasteiger partial charge in [-0.15, -0.1) is 0 Å². The summed E-state index contributed by atoms with van der Waals surface area (Å²) in [5.74, 6) is 1.10. The minimum absolute atomic E-state index is 0.288. The Kier molecular flexibility index (Phi) is 8.27. The maximum absolute atomic E-state index is 9.31. The number of hydrogen-bond donors (Lipinski definition) is 2. The van der Waals surface area contributed by atoms with Crippen molar-refractivity contribution in [3.05, 3.63) is 59.7 Å². The summed E-state index contributed by atoms with van der Waals surface area (Å²) < 4.78 is 5.62. The van der Waals surface area contributed by atoms with E-state index in [1.54, 1.807) is 18.5 Å². The molecular formula is C22H28N2O2. The summed E-state index contributed by atoms with van der Waals surface area (Å²) in [4.78, 5) is 4.25. The Morgan fingerprint density at radius 3 is 2.69 bits per heavy atom. The lowest BCUT2D eigenvalue weighted by atomic mass is 10.1. The first-order valence-electron chi connectivity index (χ1n) is 9.14. The first-order chi connectivity index (χ1) is 12.7. The third-order valence-corrected chi connectivity index (χ3v) is 4.03. The molecule has 2 N–H and O–H groups in total. The van der Waals surface area contributed by atoms with E-state index in [4.69, 9.17) is 4.74 Å². The zero-order valence-electron chi connectivity index (χ0n) is 15.6. The molecule has 0 heterocycles. The summed E-state index contributed by atoms with van der Waals surface area (Å²) in [5, 5.41) is 12.5. The molecule has 4 nitrogen and oxygen atoms in total. The van der Waals surface area contributed by atoms with E-state index >= 15 is 0 Å². The van der Waals surface area contributed by atoms with E-state index in [0.29, 0.717) is 0 Å². The van der Waals surface area contributed by atoms with Gasteiger partial charge in [-0.3, -0.25) is 4.99 Å². The zero-order valence-corrected chi connectivity index (χ0v) is 15.6. The number of hydrogen-bond acceptors (Lipinski definition) is 4. The molecule has 2 aromatic carbocycles. The minimum Gasteiger partial charge on any atom is -0.508 e. The molecule has 0 aliphatic carbocycles. The number of ether oxygens (including phenoxy) is 1. The fourth-order valence-corrected chi connectivity index (χ4v) is 2.54. The second-order valence-electron chi connectivity index (χ2n) is 6.08. The van der Waals surface area contributed by atoms with Crippen LogP contribution in [-0.4, -0.2) is 25.1 Å². The van der Waals surface area contributed by atoms with Gasteiger partial charge in [-0.2, -0.15) is 0 Å². The lowest BCUT2D eigenvalue weighted by molar-refractivity contribution is 0.475. The predicted octanol–water partition coefficient (Wildman–Crippen LogP) is 5.29. The number of aliphatic imine (C=N–C) groups is 1. The average Bonchev–Trinajstić information content (AvgIpc) is 2.66. The molecular weight excluding hydrogens is 324 g/mol. The van der Waals surface area contributed by atoms with Crippen LogP contribution in [0.15, 0.2) is 53.5 Å². The molecule has 0 unspecified atom stereocenters. The molecule has 0 atom stereocenters. The molecule has 0 aliphatic heterocycles. The topological polar surface area (TPSA) is 53.8 Å². The second-order valence-corrected chi connectivity index (χ2v) is 6.08. The fraction of sp³-hybridized carbons (Fsp3) is 0.318.